The quantitative estimate of drug-likeness (QED) is 0.713. The number of rotatable bonds is 6. The summed E-state index contributed by atoms with van der Waals surface area (Å²) in [7, 11) is 3.10. The summed E-state index contributed by atoms with van der Waals surface area (Å²) in [5, 5.41) is 10.9. The SMILES string of the molecule is COc1ccc(CNC(=O)Cn2nnc3ccccc3c2=O)cc1OC. The zero-order valence-electron chi connectivity index (χ0n) is 14.4. The summed E-state index contributed by atoms with van der Waals surface area (Å²) < 4.78 is 11.5. The summed E-state index contributed by atoms with van der Waals surface area (Å²) in [5.41, 5.74) is 0.990. The Labute approximate surface area is 149 Å². The van der Waals surface area contributed by atoms with Crippen molar-refractivity contribution in [3.8, 4) is 11.5 Å². The maximum atomic E-state index is 12.3. The van der Waals surface area contributed by atoms with Crippen LogP contribution in [-0.4, -0.2) is 35.1 Å². The van der Waals surface area contributed by atoms with Crippen LogP contribution in [0.15, 0.2) is 47.3 Å². The van der Waals surface area contributed by atoms with Gasteiger partial charge in [-0.1, -0.05) is 23.4 Å². The smallest absolute Gasteiger partial charge is 0.278 e. The summed E-state index contributed by atoms with van der Waals surface area (Å²) in [5.74, 6) is 0.850. The maximum Gasteiger partial charge on any atom is 0.278 e. The van der Waals surface area contributed by atoms with Gasteiger partial charge in [-0.15, -0.1) is 5.10 Å². The second kappa shape index (κ2) is 7.64. The van der Waals surface area contributed by atoms with E-state index in [4.69, 9.17) is 9.47 Å². The number of benzene rings is 2. The normalized spacial score (nSPS) is 10.5. The van der Waals surface area contributed by atoms with Gasteiger partial charge in [0.1, 0.15) is 12.1 Å². The maximum absolute atomic E-state index is 12.3. The number of carbonyl (C=O) groups excluding carboxylic acids is 1. The average molecular weight is 354 g/mol. The molecular weight excluding hydrogens is 336 g/mol. The van der Waals surface area contributed by atoms with Crippen LogP contribution in [-0.2, 0) is 17.9 Å². The van der Waals surface area contributed by atoms with Crippen LogP contribution >= 0.6 is 0 Å². The molecule has 3 aromatic rings. The van der Waals surface area contributed by atoms with Crippen molar-refractivity contribution in [1.82, 2.24) is 20.3 Å². The molecule has 2 aromatic carbocycles. The summed E-state index contributed by atoms with van der Waals surface area (Å²) in [4.78, 5) is 24.5. The van der Waals surface area contributed by atoms with Gasteiger partial charge in [0.15, 0.2) is 11.5 Å². The lowest BCUT2D eigenvalue weighted by molar-refractivity contribution is -0.122. The van der Waals surface area contributed by atoms with Gasteiger partial charge in [0.05, 0.1) is 19.6 Å². The van der Waals surface area contributed by atoms with Crippen LogP contribution in [0.1, 0.15) is 5.56 Å². The molecule has 0 aliphatic rings. The number of ether oxygens (including phenoxy) is 2. The number of carbonyl (C=O) groups is 1. The molecule has 0 aliphatic heterocycles. The highest BCUT2D eigenvalue weighted by atomic mass is 16.5. The second-order valence-electron chi connectivity index (χ2n) is 5.54. The molecule has 0 spiro atoms. The summed E-state index contributed by atoms with van der Waals surface area (Å²) in [6.07, 6.45) is 0. The standard InChI is InChI=1S/C18H18N4O4/c1-25-15-8-7-12(9-16(15)26-2)10-19-17(23)11-22-18(24)13-5-3-4-6-14(13)20-21-22/h3-9H,10-11H2,1-2H3,(H,19,23). The van der Waals surface area contributed by atoms with Gasteiger partial charge in [0, 0.05) is 6.54 Å². The predicted molar refractivity (Wildman–Crippen MR) is 95.2 cm³/mol. The first-order valence-corrected chi connectivity index (χ1v) is 7.92. The Kier molecular flexibility index (Phi) is 5.12. The monoisotopic (exact) mass is 354 g/mol. The zero-order chi connectivity index (χ0) is 18.5. The van der Waals surface area contributed by atoms with Crippen molar-refractivity contribution in [3.63, 3.8) is 0 Å². The molecule has 0 unspecified atom stereocenters. The van der Waals surface area contributed by atoms with Crippen LogP contribution < -0.4 is 20.3 Å². The van der Waals surface area contributed by atoms with E-state index in [-0.39, 0.29) is 24.6 Å². The Hall–Kier alpha value is -3.42. The summed E-state index contributed by atoms with van der Waals surface area (Å²) in [6, 6.07) is 12.2. The average Bonchev–Trinajstić information content (AvgIpc) is 2.68. The zero-order valence-corrected chi connectivity index (χ0v) is 14.4. The first kappa shape index (κ1) is 17.4. The first-order chi connectivity index (χ1) is 12.6. The first-order valence-electron chi connectivity index (χ1n) is 7.92. The third kappa shape index (κ3) is 3.64. The number of aromatic nitrogens is 3. The van der Waals surface area contributed by atoms with Crippen molar-refractivity contribution in [2.24, 2.45) is 0 Å². The second-order valence-corrected chi connectivity index (χ2v) is 5.54. The molecule has 0 aliphatic carbocycles. The van der Waals surface area contributed by atoms with Gasteiger partial charge < -0.3 is 14.8 Å². The van der Waals surface area contributed by atoms with E-state index in [1.165, 1.54) is 0 Å². The van der Waals surface area contributed by atoms with Gasteiger partial charge in [-0.05, 0) is 29.8 Å². The van der Waals surface area contributed by atoms with Gasteiger partial charge in [-0.25, -0.2) is 4.68 Å². The number of hydrogen-bond acceptors (Lipinski definition) is 6. The summed E-state index contributed by atoms with van der Waals surface area (Å²) in [6.45, 7) is 0.0822. The van der Waals surface area contributed by atoms with E-state index in [9.17, 15) is 9.59 Å². The highest BCUT2D eigenvalue weighted by molar-refractivity contribution is 5.78. The molecular formula is C18H18N4O4. The van der Waals surface area contributed by atoms with Crippen molar-refractivity contribution in [2.45, 2.75) is 13.1 Å². The van der Waals surface area contributed by atoms with E-state index in [1.54, 1.807) is 50.6 Å². The Morgan fingerprint density at radius 2 is 1.88 bits per heavy atom. The Balaban J connectivity index is 1.68. The number of fused-ring (bicyclic) bond motifs is 1. The lowest BCUT2D eigenvalue weighted by Crippen LogP contribution is -2.34. The molecule has 1 aromatic heterocycles. The fourth-order valence-electron chi connectivity index (χ4n) is 2.51. The fraction of sp³-hybridized carbons (Fsp3) is 0.222. The van der Waals surface area contributed by atoms with Crippen LogP contribution in [0.3, 0.4) is 0 Å². The molecule has 8 heteroatoms. The number of nitrogens with zero attached hydrogens (tertiary/aromatic N) is 3. The molecule has 1 N–H and O–H groups in total. The van der Waals surface area contributed by atoms with Gasteiger partial charge in [-0.3, -0.25) is 9.59 Å². The number of hydrogen-bond donors (Lipinski definition) is 1. The van der Waals surface area contributed by atoms with Crippen LogP contribution in [0.5, 0.6) is 11.5 Å². The lowest BCUT2D eigenvalue weighted by Gasteiger charge is -2.10. The minimum absolute atomic E-state index is 0.204. The third-order valence-corrected chi connectivity index (χ3v) is 3.86. The van der Waals surface area contributed by atoms with Crippen molar-refractivity contribution in [3.05, 3.63) is 58.4 Å². The minimum atomic E-state index is -0.350. The minimum Gasteiger partial charge on any atom is -0.493 e. The number of nitrogens with one attached hydrogen (secondary N) is 1. The largest absolute Gasteiger partial charge is 0.493 e. The van der Waals surface area contributed by atoms with E-state index < -0.39 is 0 Å². The Morgan fingerprint density at radius 3 is 2.65 bits per heavy atom. The molecule has 0 saturated heterocycles. The molecule has 0 atom stereocenters. The Bertz CT molecular complexity index is 1000. The van der Waals surface area contributed by atoms with E-state index in [0.717, 1.165) is 10.2 Å². The molecule has 0 radical (unpaired) electrons. The van der Waals surface area contributed by atoms with Crippen LogP contribution in [0.25, 0.3) is 10.9 Å². The molecule has 8 nitrogen and oxygen atoms in total. The van der Waals surface area contributed by atoms with Crippen molar-refractivity contribution in [1.29, 1.82) is 0 Å². The fourth-order valence-corrected chi connectivity index (χ4v) is 2.51. The molecule has 0 saturated carbocycles. The van der Waals surface area contributed by atoms with E-state index in [0.29, 0.717) is 22.4 Å². The van der Waals surface area contributed by atoms with Crippen molar-refractivity contribution in [2.75, 3.05) is 14.2 Å². The molecule has 134 valence electrons. The predicted octanol–water partition coefficient (Wildman–Crippen LogP) is 1.13. The van der Waals surface area contributed by atoms with Gasteiger partial charge in [0.25, 0.3) is 5.56 Å². The van der Waals surface area contributed by atoms with E-state index >= 15 is 0 Å². The Morgan fingerprint density at radius 1 is 1.12 bits per heavy atom. The van der Waals surface area contributed by atoms with Crippen LogP contribution in [0.2, 0.25) is 0 Å². The van der Waals surface area contributed by atoms with Gasteiger partial charge in [0.2, 0.25) is 5.91 Å². The molecule has 3 rings (SSSR count). The van der Waals surface area contributed by atoms with E-state index in [1.807, 2.05) is 6.07 Å². The van der Waals surface area contributed by atoms with Crippen molar-refractivity contribution < 1.29 is 14.3 Å². The van der Waals surface area contributed by atoms with Gasteiger partial charge in [-0.2, -0.15) is 0 Å². The number of amides is 1. The van der Waals surface area contributed by atoms with Crippen molar-refractivity contribution >= 4 is 16.8 Å². The molecule has 26 heavy (non-hydrogen) atoms. The highest BCUT2D eigenvalue weighted by Crippen LogP contribution is 2.27. The molecule has 0 bridgehead atoms. The molecule has 1 heterocycles. The lowest BCUT2D eigenvalue weighted by atomic mass is 10.2. The van der Waals surface area contributed by atoms with Gasteiger partial charge >= 0.3 is 0 Å². The summed E-state index contributed by atoms with van der Waals surface area (Å²) >= 11 is 0. The third-order valence-electron chi connectivity index (χ3n) is 3.86. The number of methoxy groups -OCH3 is 2. The van der Waals surface area contributed by atoms with Crippen LogP contribution in [0.4, 0.5) is 0 Å². The highest BCUT2D eigenvalue weighted by Gasteiger charge is 2.10. The molecule has 0 fully saturated rings. The van der Waals surface area contributed by atoms with Crippen LogP contribution in [0, 0.1) is 0 Å². The molecule has 1 amide bonds. The topological polar surface area (TPSA) is 95.3 Å². The van der Waals surface area contributed by atoms with E-state index in [2.05, 4.69) is 15.6 Å².